The number of likely N-dealkylation sites (N-methyl/N-ethyl adjacent to an activating group) is 1. The van der Waals surface area contributed by atoms with E-state index < -0.39 is 5.82 Å². The molecule has 0 aliphatic carbocycles. The lowest BCUT2D eigenvalue weighted by Crippen LogP contribution is -2.27. The standard InChI is InChI=1S/C21H25FN4O4/c1-13-17(28)5-4-15(22)20(13)25-21-14-10-18(29-3)19(11-16(14)23-12-24-21)30-9-7-26(2)6-8-27/h4-5,10-12,27-28H,6-9H2,1-3H3,(H,23,24,25). The van der Waals surface area contributed by atoms with Gasteiger partial charge < -0.3 is 29.9 Å². The van der Waals surface area contributed by atoms with Crippen molar-refractivity contribution < 1.29 is 24.1 Å². The van der Waals surface area contributed by atoms with Crippen LogP contribution in [-0.2, 0) is 0 Å². The van der Waals surface area contributed by atoms with E-state index in [2.05, 4.69) is 15.3 Å². The maximum atomic E-state index is 14.3. The molecule has 1 aromatic heterocycles. The van der Waals surface area contributed by atoms with Crippen molar-refractivity contribution in [2.24, 2.45) is 0 Å². The Morgan fingerprint density at radius 2 is 1.97 bits per heavy atom. The Hall–Kier alpha value is -3.17. The Labute approximate surface area is 173 Å². The van der Waals surface area contributed by atoms with Crippen molar-refractivity contribution in [3.05, 3.63) is 42.0 Å². The Morgan fingerprint density at radius 3 is 2.70 bits per heavy atom. The highest BCUT2D eigenvalue weighted by atomic mass is 19.1. The Balaban J connectivity index is 1.91. The maximum Gasteiger partial charge on any atom is 0.163 e. The number of hydrogen-bond donors (Lipinski definition) is 3. The third-order valence-corrected chi connectivity index (χ3v) is 4.76. The molecule has 0 atom stereocenters. The van der Waals surface area contributed by atoms with Crippen LogP contribution in [0.2, 0.25) is 0 Å². The second-order valence-electron chi connectivity index (χ2n) is 6.81. The largest absolute Gasteiger partial charge is 0.508 e. The summed E-state index contributed by atoms with van der Waals surface area (Å²) in [5.74, 6) is 0.859. The number of halogens is 1. The first-order valence-electron chi connectivity index (χ1n) is 9.44. The number of benzene rings is 2. The highest BCUT2D eigenvalue weighted by Crippen LogP contribution is 2.36. The summed E-state index contributed by atoms with van der Waals surface area (Å²) in [6, 6.07) is 5.95. The van der Waals surface area contributed by atoms with E-state index in [1.807, 2.05) is 11.9 Å². The molecule has 0 saturated carbocycles. The number of rotatable bonds is 9. The number of anilines is 2. The van der Waals surface area contributed by atoms with Gasteiger partial charge in [-0.15, -0.1) is 0 Å². The van der Waals surface area contributed by atoms with E-state index in [-0.39, 0.29) is 18.0 Å². The highest BCUT2D eigenvalue weighted by molar-refractivity contribution is 5.93. The lowest BCUT2D eigenvalue weighted by Gasteiger charge is -2.17. The van der Waals surface area contributed by atoms with Crippen LogP contribution < -0.4 is 14.8 Å². The van der Waals surface area contributed by atoms with Gasteiger partial charge in [-0.25, -0.2) is 14.4 Å². The zero-order valence-electron chi connectivity index (χ0n) is 17.1. The number of nitrogens with zero attached hydrogens (tertiary/aromatic N) is 3. The zero-order chi connectivity index (χ0) is 21.7. The lowest BCUT2D eigenvalue weighted by atomic mass is 10.1. The number of aromatic hydroxyl groups is 1. The van der Waals surface area contributed by atoms with E-state index >= 15 is 0 Å². The summed E-state index contributed by atoms with van der Waals surface area (Å²) in [5.41, 5.74) is 1.10. The lowest BCUT2D eigenvalue weighted by molar-refractivity contribution is 0.190. The predicted octanol–water partition coefficient (Wildman–Crippen LogP) is 2.84. The van der Waals surface area contributed by atoms with Gasteiger partial charge in [0.25, 0.3) is 0 Å². The van der Waals surface area contributed by atoms with E-state index in [9.17, 15) is 9.50 Å². The SMILES string of the molecule is COc1cc2c(Nc3c(F)ccc(O)c3C)ncnc2cc1OCCN(C)CCO. The van der Waals surface area contributed by atoms with Gasteiger partial charge in [0, 0.05) is 30.1 Å². The Kier molecular flexibility index (Phi) is 6.86. The number of hydrogen-bond acceptors (Lipinski definition) is 8. The first kappa shape index (κ1) is 21.5. The summed E-state index contributed by atoms with van der Waals surface area (Å²) >= 11 is 0. The minimum Gasteiger partial charge on any atom is -0.508 e. The summed E-state index contributed by atoms with van der Waals surface area (Å²) in [7, 11) is 3.42. The third kappa shape index (κ3) is 4.69. The van der Waals surface area contributed by atoms with Crippen LogP contribution in [0.15, 0.2) is 30.6 Å². The average molecular weight is 416 g/mol. The van der Waals surface area contributed by atoms with E-state index in [1.165, 1.54) is 25.6 Å². The normalized spacial score (nSPS) is 11.1. The molecule has 3 rings (SSSR count). The first-order valence-corrected chi connectivity index (χ1v) is 9.44. The van der Waals surface area contributed by atoms with Gasteiger partial charge in [-0.05, 0) is 32.2 Å². The molecule has 3 aromatic rings. The molecular formula is C21H25FN4O4. The molecular weight excluding hydrogens is 391 g/mol. The number of phenols is 1. The van der Waals surface area contributed by atoms with Gasteiger partial charge in [-0.2, -0.15) is 0 Å². The molecule has 1 heterocycles. The number of aromatic nitrogens is 2. The van der Waals surface area contributed by atoms with Crippen LogP contribution in [-0.4, -0.2) is 65.5 Å². The molecule has 0 radical (unpaired) electrons. The molecule has 0 saturated heterocycles. The fourth-order valence-corrected chi connectivity index (χ4v) is 2.97. The topological polar surface area (TPSA) is 100.0 Å². The zero-order valence-corrected chi connectivity index (χ0v) is 17.1. The summed E-state index contributed by atoms with van der Waals surface area (Å²) in [6.07, 6.45) is 1.37. The van der Waals surface area contributed by atoms with Crippen molar-refractivity contribution >= 4 is 22.4 Å². The Morgan fingerprint density at radius 1 is 1.17 bits per heavy atom. The average Bonchev–Trinajstić information content (AvgIpc) is 2.73. The summed E-state index contributed by atoms with van der Waals surface area (Å²) in [4.78, 5) is 10.5. The van der Waals surface area contributed by atoms with E-state index in [0.717, 1.165) is 0 Å². The monoisotopic (exact) mass is 416 g/mol. The molecule has 0 amide bonds. The van der Waals surface area contributed by atoms with Crippen LogP contribution in [0.1, 0.15) is 5.56 Å². The summed E-state index contributed by atoms with van der Waals surface area (Å²) in [5, 5.41) is 22.4. The molecule has 0 fully saturated rings. The van der Waals surface area contributed by atoms with Gasteiger partial charge in [0.15, 0.2) is 11.5 Å². The van der Waals surface area contributed by atoms with Gasteiger partial charge >= 0.3 is 0 Å². The maximum absolute atomic E-state index is 14.3. The van der Waals surface area contributed by atoms with E-state index in [0.29, 0.717) is 53.5 Å². The van der Waals surface area contributed by atoms with Crippen LogP contribution in [0.3, 0.4) is 0 Å². The third-order valence-electron chi connectivity index (χ3n) is 4.76. The van der Waals surface area contributed by atoms with Crippen molar-refractivity contribution in [3.8, 4) is 17.2 Å². The molecule has 3 N–H and O–H groups in total. The number of methoxy groups -OCH3 is 1. The minimum absolute atomic E-state index is 0.0169. The molecule has 30 heavy (non-hydrogen) atoms. The number of nitrogens with one attached hydrogen (secondary N) is 1. The van der Waals surface area contributed by atoms with Crippen molar-refractivity contribution in [2.75, 3.05) is 45.8 Å². The molecule has 160 valence electrons. The molecule has 8 nitrogen and oxygen atoms in total. The summed E-state index contributed by atoms with van der Waals surface area (Å²) in [6.45, 7) is 3.30. The van der Waals surface area contributed by atoms with Gasteiger partial charge in [-0.3, -0.25) is 0 Å². The van der Waals surface area contributed by atoms with Crippen LogP contribution in [0.4, 0.5) is 15.9 Å². The quantitative estimate of drug-likeness (QED) is 0.490. The fourth-order valence-electron chi connectivity index (χ4n) is 2.97. The molecule has 0 bridgehead atoms. The van der Waals surface area contributed by atoms with Gasteiger partial charge in [0.1, 0.15) is 30.3 Å². The van der Waals surface area contributed by atoms with Crippen LogP contribution >= 0.6 is 0 Å². The van der Waals surface area contributed by atoms with Crippen LogP contribution in [0.25, 0.3) is 10.9 Å². The molecule has 0 aliphatic heterocycles. The first-order chi connectivity index (χ1) is 14.4. The van der Waals surface area contributed by atoms with Crippen molar-refractivity contribution in [3.63, 3.8) is 0 Å². The number of fused-ring (bicyclic) bond motifs is 1. The van der Waals surface area contributed by atoms with Gasteiger partial charge in [-0.1, -0.05) is 0 Å². The second-order valence-corrected chi connectivity index (χ2v) is 6.81. The number of aliphatic hydroxyl groups excluding tert-OH is 1. The smallest absolute Gasteiger partial charge is 0.163 e. The number of ether oxygens (including phenoxy) is 2. The van der Waals surface area contributed by atoms with Gasteiger partial charge in [0.2, 0.25) is 0 Å². The van der Waals surface area contributed by atoms with Crippen molar-refractivity contribution in [1.29, 1.82) is 0 Å². The molecule has 9 heteroatoms. The second kappa shape index (κ2) is 9.55. The summed E-state index contributed by atoms with van der Waals surface area (Å²) < 4.78 is 25.6. The molecule has 2 aromatic carbocycles. The van der Waals surface area contributed by atoms with Crippen LogP contribution in [0.5, 0.6) is 17.2 Å². The fraction of sp³-hybridized carbons (Fsp3) is 0.333. The highest BCUT2D eigenvalue weighted by Gasteiger charge is 2.15. The minimum atomic E-state index is -0.504. The number of aliphatic hydroxyl groups is 1. The van der Waals surface area contributed by atoms with E-state index in [1.54, 1.807) is 19.1 Å². The van der Waals surface area contributed by atoms with Gasteiger partial charge in [0.05, 0.1) is 24.9 Å². The van der Waals surface area contributed by atoms with Crippen LogP contribution in [0, 0.1) is 12.7 Å². The predicted molar refractivity (Wildman–Crippen MR) is 112 cm³/mol. The molecule has 0 spiro atoms. The van der Waals surface area contributed by atoms with E-state index in [4.69, 9.17) is 14.6 Å². The van der Waals surface area contributed by atoms with Crippen molar-refractivity contribution in [2.45, 2.75) is 6.92 Å². The van der Waals surface area contributed by atoms with Crippen molar-refractivity contribution in [1.82, 2.24) is 14.9 Å². The number of phenolic OH excluding ortho intramolecular Hbond substituents is 1. The molecule has 0 unspecified atom stereocenters. The molecule has 0 aliphatic rings. The Bertz CT molecular complexity index is 1030.